The Morgan fingerprint density at radius 1 is 1.06 bits per heavy atom. The number of rotatable bonds is 3. The molecule has 3 heteroatoms. The highest BCUT2D eigenvalue weighted by Gasteiger charge is 2.18. The quantitative estimate of drug-likeness (QED) is 0.791. The van der Waals surface area contributed by atoms with E-state index >= 15 is 0 Å². The van der Waals surface area contributed by atoms with Crippen molar-refractivity contribution in [3.8, 4) is 0 Å². The topological polar surface area (TPSA) is 6.48 Å². The van der Waals surface area contributed by atoms with Crippen LogP contribution in [0, 0.1) is 0 Å². The lowest BCUT2D eigenvalue weighted by molar-refractivity contribution is 0.209. The molecule has 0 unspecified atom stereocenters. The Kier molecular flexibility index (Phi) is 4.46. The van der Waals surface area contributed by atoms with E-state index in [1.807, 2.05) is 0 Å². The van der Waals surface area contributed by atoms with Gasteiger partial charge in [0, 0.05) is 43.2 Å². The number of piperazine rings is 1. The summed E-state index contributed by atoms with van der Waals surface area (Å²) in [6, 6.07) is 9.56. The highest BCUT2D eigenvalue weighted by Crippen LogP contribution is 2.18. The Bertz CT molecular complexity index is 340. The van der Waals surface area contributed by atoms with E-state index in [0.29, 0.717) is 6.04 Å². The lowest BCUT2D eigenvalue weighted by atomic mass is 10.2. The largest absolute Gasteiger partial charge is 0.369 e. The van der Waals surface area contributed by atoms with Gasteiger partial charge in [-0.2, -0.15) is 0 Å². The molecular formula is C14H21BrN2. The van der Waals surface area contributed by atoms with Crippen LogP contribution in [0.15, 0.2) is 24.3 Å². The Morgan fingerprint density at radius 3 is 2.12 bits per heavy atom. The molecule has 1 saturated heterocycles. The number of hydrogen-bond acceptors (Lipinski definition) is 2. The van der Waals surface area contributed by atoms with Crippen LogP contribution in [-0.4, -0.2) is 37.1 Å². The van der Waals surface area contributed by atoms with Crippen LogP contribution in [0.4, 0.5) is 5.69 Å². The van der Waals surface area contributed by atoms with Crippen molar-refractivity contribution in [1.82, 2.24) is 4.90 Å². The normalized spacial score (nSPS) is 17.8. The maximum absolute atomic E-state index is 3.48. The van der Waals surface area contributed by atoms with E-state index in [1.165, 1.54) is 24.3 Å². The summed E-state index contributed by atoms with van der Waals surface area (Å²) < 4.78 is 0. The summed E-state index contributed by atoms with van der Waals surface area (Å²) in [4.78, 5) is 5.03. The van der Waals surface area contributed by atoms with E-state index in [0.717, 1.165) is 18.4 Å². The van der Waals surface area contributed by atoms with Crippen LogP contribution in [0.1, 0.15) is 19.4 Å². The summed E-state index contributed by atoms with van der Waals surface area (Å²) in [6.45, 7) is 9.20. The van der Waals surface area contributed by atoms with Crippen molar-refractivity contribution in [2.75, 3.05) is 31.1 Å². The molecule has 0 radical (unpaired) electrons. The predicted molar refractivity (Wildman–Crippen MR) is 78.0 cm³/mol. The van der Waals surface area contributed by atoms with Crippen LogP contribution < -0.4 is 4.90 Å². The van der Waals surface area contributed by atoms with Gasteiger partial charge in [-0.3, -0.25) is 4.90 Å². The van der Waals surface area contributed by atoms with Gasteiger partial charge in [0.2, 0.25) is 0 Å². The number of nitrogens with zero attached hydrogens (tertiary/aromatic N) is 2. The van der Waals surface area contributed by atoms with Crippen LogP contribution in [0.5, 0.6) is 0 Å². The standard InChI is InChI=1S/C14H21BrN2/c1-12(2)16-7-9-17(10-8-16)14-5-3-13(11-15)4-6-14/h3-6,12H,7-11H2,1-2H3. The molecule has 0 aromatic heterocycles. The molecule has 17 heavy (non-hydrogen) atoms. The first kappa shape index (κ1) is 12.9. The third-order valence-electron chi connectivity index (χ3n) is 3.50. The second-order valence-corrected chi connectivity index (χ2v) is 5.48. The van der Waals surface area contributed by atoms with E-state index in [9.17, 15) is 0 Å². The van der Waals surface area contributed by atoms with Crippen molar-refractivity contribution in [2.24, 2.45) is 0 Å². The highest BCUT2D eigenvalue weighted by atomic mass is 79.9. The van der Waals surface area contributed by atoms with Crippen molar-refractivity contribution in [3.05, 3.63) is 29.8 Å². The average molecular weight is 297 g/mol. The van der Waals surface area contributed by atoms with E-state index in [4.69, 9.17) is 0 Å². The minimum Gasteiger partial charge on any atom is -0.369 e. The van der Waals surface area contributed by atoms with E-state index in [1.54, 1.807) is 0 Å². The highest BCUT2D eigenvalue weighted by molar-refractivity contribution is 9.08. The first-order chi connectivity index (χ1) is 8.20. The maximum atomic E-state index is 3.48. The predicted octanol–water partition coefficient (Wildman–Crippen LogP) is 3.11. The van der Waals surface area contributed by atoms with Crippen molar-refractivity contribution in [2.45, 2.75) is 25.2 Å². The molecule has 1 aromatic carbocycles. The average Bonchev–Trinajstić information content (AvgIpc) is 2.39. The lowest BCUT2D eigenvalue weighted by Crippen LogP contribution is -2.48. The van der Waals surface area contributed by atoms with Crippen molar-refractivity contribution < 1.29 is 0 Å². The van der Waals surface area contributed by atoms with E-state index in [-0.39, 0.29) is 0 Å². The minimum absolute atomic E-state index is 0.674. The number of hydrogen-bond donors (Lipinski definition) is 0. The van der Waals surface area contributed by atoms with Crippen LogP contribution in [-0.2, 0) is 5.33 Å². The van der Waals surface area contributed by atoms with Crippen molar-refractivity contribution in [3.63, 3.8) is 0 Å². The zero-order valence-corrected chi connectivity index (χ0v) is 12.3. The van der Waals surface area contributed by atoms with Gasteiger partial charge in [-0.1, -0.05) is 28.1 Å². The Hall–Kier alpha value is -0.540. The zero-order chi connectivity index (χ0) is 12.3. The summed E-state index contributed by atoms with van der Waals surface area (Å²) in [5.74, 6) is 0. The van der Waals surface area contributed by atoms with Gasteiger partial charge in [0.25, 0.3) is 0 Å². The van der Waals surface area contributed by atoms with Gasteiger partial charge >= 0.3 is 0 Å². The summed E-state index contributed by atoms with van der Waals surface area (Å²) in [7, 11) is 0. The molecule has 2 rings (SSSR count). The first-order valence-electron chi connectivity index (χ1n) is 6.34. The van der Waals surface area contributed by atoms with Gasteiger partial charge in [-0.05, 0) is 31.5 Å². The van der Waals surface area contributed by atoms with E-state index in [2.05, 4.69) is 63.8 Å². The summed E-state index contributed by atoms with van der Waals surface area (Å²) >= 11 is 3.48. The third kappa shape index (κ3) is 3.23. The fraction of sp³-hybridized carbons (Fsp3) is 0.571. The van der Waals surface area contributed by atoms with Gasteiger partial charge in [-0.25, -0.2) is 0 Å². The van der Waals surface area contributed by atoms with Gasteiger partial charge in [0.15, 0.2) is 0 Å². The second-order valence-electron chi connectivity index (χ2n) is 4.92. The maximum Gasteiger partial charge on any atom is 0.0367 e. The van der Waals surface area contributed by atoms with Crippen LogP contribution >= 0.6 is 15.9 Å². The SMILES string of the molecule is CC(C)N1CCN(c2ccc(CBr)cc2)CC1. The smallest absolute Gasteiger partial charge is 0.0367 e. The van der Waals surface area contributed by atoms with Gasteiger partial charge in [-0.15, -0.1) is 0 Å². The van der Waals surface area contributed by atoms with Crippen molar-refractivity contribution in [1.29, 1.82) is 0 Å². The fourth-order valence-electron chi connectivity index (χ4n) is 2.29. The minimum atomic E-state index is 0.674. The molecule has 94 valence electrons. The lowest BCUT2D eigenvalue weighted by Gasteiger charge is -2.38. The Labute approximate surface area is 113 Å². The van der Waals surface area contributed by atoms with Gasteiger partial charge < -0.3 is 4.90 Å². The number of alkyl halides is 1. The molecule has 0 N–H and O–H groups in total. The van der Waals surface area contributed by atoms with E-state index < -0.39 is 0 Å². The molecular weight excluding hydrogens is 276 g/mol. The fourth-order valence-corrected chi connectivity index (χ4v) is 2.67. The monoisotopic (exact) mass is 296 g/mol. The summed E-state index contributed by atoms with van der Waals surface area (Å²) in [5.41, 5.74) is 2.70. The van der Waals surface area contributed by atoms with Crippen molar-refractivity contribution >= 4 is 21.6 Å². The second kappa shape index (κ2) is 5.87. The molecule has 0 bridgehead atoms. The molecule has 0 saturated carbocycles. The summed E-state index contributed by atoms with van der Waals surface area (Å²) in [6.07, 6.45) is 0. The number of halogens is 1. The third-order valence-corrected chi connectivity index (χ3v) is 4.15. The molecule has 0 spiro atoms. The molecule has 0 aliphatic carbocycles. The van der Waals surface area contributed by atoms with Crippen LogP contribution in [0.25, 0.3) is 0 Å². The zero-order valence-electron chi connectivity index (χ0n) is 10.7. The Balaban J connectivity index is 1.95. The summed E-state index contributed by atoms with van der Waals surface area (Å²) in [5, 5.41) is 0.939. The molecule has 1 fully saturated rings. The molecule has 1 aliphatic heterocycles. The van der Waals surface area contributed by atoms with Crippen LogP contribution in [0.3, 0.4) is 0 Å². The molecule has 0 amide bonds. The van der Waals surface area contributed by atoms with Gasteiger partial charge in [0.05, 0.1) is 0 Å². The Morgan fingerprint density at radius 2 is 1.65 bits per heavy atom. The molecule has 1 aromatic rings. The molecule has 1 heterocycles. The molecule has 1 aliphatic rings. The van der Waals surface area contributed by atoms with Gasteiger partial charge in [0.1, 0.15) is 0 Å². The molecule has 0 atom stereocenters. The molecule has 2 nitrogen and oxygen atoms in total. The number of anilines is 1. The first-order valence-corrected chi connectivity index (χ1v) is 7.47. The van der Waals surface area contributed by atoms with Crippen LogP contribution in [0.2, 0.25) is 0 Å². The number of benzene rings is 1.